The first-order valence-electron chi connectivity index (χ1n) is 10.3. The van der Waals surface area contributed by atoms with Gasteiger partial charge in [0.2, 0.25) is 0 Å². The number of halogens is 1. The van der Waals surface area contributed by atoms with Crippen molar-refractivity contribution in [1.29, 1.82) is 0 Å². The summed E-state index contributed by atoms with van der Waals surface area (Å²) in [6.45, 7) is 0. The van der Waals surface area contributed by atoms with E-state index in [-0.39, 0.29) is 17.1 Å². The highest BCUT2D eigenvalue weighted by molar-refractivity contribution is 9.10. The fourth-order valence-electron chi connectivity index (χ4n) is 3.01. The quantitative estimate of drug-likeness (QED) is 0.146. The first-order chi connectivity index (χ1) is 17.0. The number of hydrogen-bond donors (Lipinski definition) is 2. The van der Waals surface area contributed by atoms with Crippen molar-refractivity contribution in [3.63, 3.8) is 0 Å². The Morgan fingerprint density at radius 1 is 0.857 bits per heavy atom. The summed E-state index contributed by atoms with van der Waals surface area (Å²) in [5, 5.41) is 6.65. The standard InChI is InChI=1S/C26H18BrN3O5/c27-20-11-12-22(35-26(33)17-6-2-1-3-7-17)19(14-20)16-28-30-24(31)18-8-4-9-21(15-18)29-25(32)23-10-5-13-34-23/h1-16H,(H,29,32)(H,30,31). The Hall–Kier alpha value is -4.50. The summed E-state index contributed by atoms with van der Waals surface area (Å²) in [5.41, 5.74) is 4.02. The Labute approximate surface area is 208 Å². The maximum absolute atomic E-state index is 12.6. The van der Waals surface area contributed by atoms with Crippen LogP contribution in [0.4, 0.5) is 5.69 Å². The van der Waals surface area contributed by atoms with Gasteiger partial charge in [-0.05, 0) is 60.7 Å². The van der Waals surface area contributed by atoms with Crippen molar-refractivity contribution in [2.45, 2.75) is 0 Å². The van der Waals surface area contributed by atoms with Gasteiger partial charge in [-0.25, -0.2) is 10.2 Å². The molecule has 0 spiro atoms. The van der Waals surface area contributed by atoms with Crippen LogP contribution in [0.2, 0.25) is 0 Å². The Balaban J connectivity index is 1.43. The van der Waals surface area contributed by atoms with Gasteiger partial charge < -0.3 is 14.5 Å². The van der Waals surface area contributed by atoms with E-state index >= 15 is 0 Å². The lowest BCUT2D eigenvalue weighted by atomic mass is 10.2. The molecule has 4 aromatic rings. The van der Waals surface area contributed by atoms with Gasteiger partial charge in [0.15, 0.2) is 5.76 Å². The smallest absolute Gasteiger partial charge is 0.343 e. The van der Waals surface area contributed by atoms with Gasteiger partial charge in [0.1, 0.15) is 5.75 Å². The van der Waals surface area contributed by atoms with Crippen LogP contribution in [0, 0.1) is 0 Å². The molecule has 3 aromatic carbocycles. The summed E-state index contributed by atoms with van der Waals surface area (Å²) < 4.78 is 11.3. The highest BCUT2D eigenvalue weighted by Gasteiger charge is 2.13. The molecule has 0 unspecified atom stereocenters. The highest BCUT2D eigenvalue weighted by atomic mass is 79.9. The van der Waals surface area contributed by atoms with Crippen molar-refractivity contribution in [2.24, 2.45) is 5.10 Å². The summed E-state index contributed by atoms with van der Waals surface area (Å²) in [7, 11) is 0. The van der Waals surface area contributed by atoms with Crippen LogP contribution in [0.3, 0.4) is 0 Å². The van der Waals surface area contributed by atoms with Crippen LogP contribution >= 0.6 is 15.9 Å². The maximum atomic E-state index is 12.6. The molecule has 4 rings (SSSR count). The number of nitrogens with one attached hydrogen (secondary N) is 2. The van der Waals surface area contributed by atoms with E-state index in [1.54, 1.807) is 72.8 Å². The molecule has 2 N–H and O–H groups in total. The first kappa shape index (κ1) is 23.7. The molecule has 1 heterocycles. The molecule has 0 aliphatic rings. The van der Waals surface area contributed by atoms with E-state index in [4.69, 9.17) is 9.15 Å². The predicted molar refractivity (Wildman–Crippen MR) is 134 cm³/mol. The van der Waals surface area contributed by atoms with Crippen LogP contribution in [0.15, 0.2) is 105 Å². The number of benzene rings is 3. The number of rotatable bonds is 7. The topological polar surface area (TPSA) is 110 Å². The van der Waals surface area contributed by atoms with Gasteiger partial charge in [-0.2, -0.15) is 5.10 Å². The molecule has 0 saturated carbocycles. The summed E-state index contributed by atoms with van der Waals surface area (Å²) >= 11 is 3.38. The van der Waals surface area contributed by atoms with E-state index < -0.39 is 17.8 Å². The predicted octanol–water partition coefficient (Wildman–Crippen LogP) is 5.28. The van der Waals surface area contributed by atoms with Crippen molar-refractivity contribution in [3.05, 3.63) is 118 Å². The zero-order valence-corrected chi connectivity index (χ0v) is 19.7. The summed E-state index contributed by atoms with van der Waals surface area (Å²) in [6, 6.07) is 23.2. The number of esters is 1. The molecule has 0 aliphatic carbocycles. The van der Waals surface area contributed by atoms with Gasteiger partial charge in [-0.15, -0.1) is 0 Å². The number of carbonyl (C=O) groups is 3. The molecule has 1 aromatic heterocycles. The minimum atomic E-state index is -0.514. The summed E-state index contributed by atoms with van der Waals surface area (Å²) in [6.07, 6.45) is 2.77. The molecule has 0 bridgehead atoms. The van der Waals surface area contributed by atoms with Crippen molar-refractivity contribution in [1.82, 2.24) is 5.43 Å². The van der Waals surface area contributed by atoms with E-state index in [1.807, 2.05) is 0 Å². The van der Waals surface area contributed by atoms with Crippen LogP contribution in [0.25, 0.3) is 0 Å². The molecule has 8 nitrogen and oxygen atoms in total. The zero-order valence-electron chi connectivity index (χ0n) is 18.1. The Morgan fingerprint density at radius 2 is 1.66 bits per heavy atom. The number of amides is 2. The second-order valence-corrected chi connectivity index (χ2v) is 8.06. The third-order valence-corrected chi connectivity index (χ3v) is 5.17. The molecular weight excluding hydrogens is 514 g/mol. The number of hydrogen-bond acceptors (Lipinski definition) is 6. The average molecular weight is 532 g/mol. The summed E-state index contributed by atoms with van der Waals surface area (Å²) in [5.74, 6) is -1.00. The number of nitrogens with zero attached hydrogens (tertiary/aromatic N) is 1. The lowest BCUT2D eigenvalue weighted by molar-refractivity contribution is 0.0734. The van der Waals surface area contributed by atoms with Crippen molar-refractivity contribution in [3.8, 4) is 5.75 Å². The number of hydrazone groups is 1. The monoisotopic (exact) mass is 531 g/mol. The maximum Gasteiger partial charge on any atom is 0.343 e. The van der Waals surface area contributed by atoms with E-state index in [1.165, 1.54) is 24.6 Å². The fraction of sp³-hybridized carbons (Fsp3) is 0. The van der Waals surface area contributed by atoms with Gasteiger partial charge in [-0.1, -0.05) is 40.2 Å². The van der Waals surface area contributed by atoms with Crippen LogP contribution in [0.1, 0.15) is 36.8 Å². The molecule has 2 amide bonds. The van der Waals surface area contributed by atoms with Crippen molar-refractivity contribution < 1.29 is 23.5 Å². The second kappa shape index (κ2) is 11.1. The van der Waals surface area contributed by atoms with Crippen LogP contribution < -0.4 is 15.5 Å². The Kier molecular flexibility index (Phi) is 7.49. The van der Waals surface area contributed by atoms with E-state index in [0.29, 0.717) is 16.8 Å². The molecule has 0 atom stereocenters. The summed E-state index contributed by atoms with van der Waals surface area (Å²) in [4.78, 5) is 37.1. The molecular formula is C26H18BrN3O5. The minimum absolute atomic E-state index is 0.155. The number of anilines is 1. The molecule has 0 aliphatic heterocycles. The van der Waals surface area contributed by atoms with Crippen LogP contribution in [-0.2, 0) is 0 Å². The van der Waals surface area contributed by atoms with E-state index in [2.05, 4.69) is 31.8 Å². The molecule has 0 fully saturated rings. The number of furan rings is 1. The third kappa shape index (κ3) is 6.30. The zero-order chi connectivity index (χ0) is 24.6. The first-order valence-corrected chi connectivity index (χ1v) is 11.1. The van der Waals surface area contributed by atoms with Crippen molar-refractivity contribution in [2.75, 3.05) is 5.32 Å². The molecule has 0 saturated heterocycles. The second-order valence-electron chi connectivity index (χ2n) is 7.15. The minimum Gasteiger partial charge on any atom is -0.459 e. The van der Waals surface area contributed by atoms with E-state index in [0.717, 1.165) is 4.47 Å². The fourth-order valence-corrected chi connectivity index (χ4v) is 3.39. The molecule has 9 heteroatoms. The van der Waals surface area contributed by atoms with Gasteiger partial charge in [0, 0.05) is 21.3 Å². The third-order valence-electron chi connectivity index (χ3n) is 4.68. The van der Waals surface area contributed by atoms with Gasteiger partial charge >= 0.3 is 5.97 Å². The van der Waals surface area contributed by atoms with Gasteiger partial charge in [0.25, 0.3) is 11.8 Å². The highest BCUT2D eigenvalue weighted by Crippen LogP contribution is 2.23. The van der Waals surface area contributed by atoms with Crippen molar-refractivity contribution >= 4 is 45.6 Å². The molecule has 35 heavy (non-hydrogen) atoms. The lowest BCUT2D eigenvalue weighted by Crippen LogP contribution is -2.18. The number of ether oxygens (including phenoxy) is 1. The SMILES string of the molecule is O=C(NN=Cc1cc(Br)ccc1OC(=O)c1ccccc1)c1cccc(NC(=O)c2ccco2)c1. The average Bonchev–Trinajstić information content (AvgIpc) is 3.41. The van der Waals surface area contributed by atoms with Crippen LogP contribution in [0.5, 0.6) is 5.75 Å². The van der Waals surface area contributed by atoms with Gasteiger partial charge in [-0.3, -0.25) is 9.59 Å². The normalized spacial score (nSPS) is 10.7. The molecule has 0 radical (unpaired) electrons. The van der Waals surface area contributed by atoms with E-state index in [9.17, 15) is 14.4 Å². The van der Waals surface area contributed by atoms with Gasteiger partial charge in [0.05, 0.1) is 18.0 Å². The number of carbonyl (C=O) groups excluding carboxylic acids is 3. The lowest BCUT2D eigenvalue weighted by Gasteiger charge is -2.08. The van der Waals surface area contributed by atoms with Crippen LogP contribution in [-0.4, -0.2) is 24.0 Å². The molecule has 174 valence electrons. The largest absolute Gasteiger partial charge is 0.459 e. The Bertz CT molecular complexity index is 1390. The Morgan fingerprint density at radius 3 is 2.43 bits per heavy atom.